The second-order valence-corrected chi connectivity index (χ2v) is 3.31. The van der Waals surface area contributed by atoms with Crippen molar-refractivity contribution < 1.29 is 0 Å². The first-order chi connectivity index (χ1) is 7.19. The minimum absolute atomic E-state index is 0.124. The van der Waals surface area contributed by atoms with Gasteiger partial charge in [0.1, 0.15) is 13.1 Å². The summed E-state index contributed by atoms with van der Waals surface area (Å²) in [5, 5.41) is 17.7. The average molecular weight is 221 g/mol. The minimum atomic E-state index is 0.124. The van der Waals surface area contributed by atoms with Crippen LogP contribution in [0.15, 0.2) is 18.2 Å². The molecule has 4 nitrogen and oxygen atoms in total. The molecule has 0 atom stereocenters. The summed E-state index contributed by atoms with van der Waals surface area (Å²) in [5.74, 6) is 0. The minimum Gasteiger partial charge on any atom is -0.397 e. The summed E-state index contributed by atoms with van der Waals surface area (Å²) in [6, 6.07) is 8.93. The molecule has 0 heterocycles. The maximum absolute atomic E-state index is 8.60. The van der Waals surface area contributed by atoms with E-state index in [0.717, 1.165) is 0 Å². The van der Waals surface area contributed by atoms with Gasteiger partial charge in [0.2, 0.25) is 0 Å². The zero-order valence-electron chi connectivity index (χ0n) is 7.94. The van der Waals surface area contributed by atoms with Crippen LogP contribution in [-0.2, 0) is 0 Å². The molecular formula is C10H9ClN4. The molecule has 1 aromatic carbocycles. The van der Waals surface area contributed by atoms with Crippen molar-refractivity contribution in [2.75, 3.05) is 23.7 Å². The Kier molecular flexibility index (Phi) is 3.79. The van der Waals surface area contributed by atoms with Gasteiger partial charge in [0, 0.05) is 5.02 Å². The number of benzene rings is 1. The van der Waals surface area contributed by atoms with Crippen molar-refractivity contribution in [3.8, 4) is 12.1 Å². The van der Waals surface area contributed by atoms with Crippen LogP contribution < -0.4 is 10.6 Å². The van der Waals surface area contributed by atoms with E-state index in [1.807, 2.05) is 12.1 Å². The first kappa shape index (κ1) is 11.2. The fraction of sp³-hybridized carbons (Fsp3) is 0.200. The predicted molar refractivity (Wildman–Crippen MR) is 59.3 cm³/mol. The van der Waals surface area contributed by atoms with E-state index in [4.69, 9.17) is 27.9 Å². The predicted octanol–water partition coefficient (Wildman–Crippen LogP) is 1.78. The Hall–Kier alpha value is -1.91. The van der Waals surface area contributed by atoms with Crippen molar-refractivity contribution in [3.05, 3.63) is 23.2 Å². The Morgan fingerprint density at radius 2 is 1.87 bits per heavy atom. The molecule has 2 N–H and O–H groups in total. The third kappa shape index (κ3) is 2.77. The van der Waals surface area contributed by atoms with Crippen molar-refractivity contribution >= 4 is 23.0 Å². The number of nitrogens with zero attached hydrogens (tertiary/aromatic N) is 3. The van der Waals surface area contributed by atoms with E-state index in [1.165, 1.54) is 0 Å². The van der Waals surface area contributed by atoms with Crippen LogP contribution in [0.3, 0.4) is 0 Å². The van der Waals surface area contributed by atoms with E-state index in [-0.39, 0.29) is 13.1 Å². The second kappa shape index (κ2) is 5.09. The summed E-state index contributed by atoms with van der Waals surface area (Å²) in [4.78, 5) is 1.59. The van der Waals surface area contributed by atoms with Crippen molar-refractivity contribution in [3.63, 3.8) is 0 Å². The number of halogens is 1. The lowest BCUT2D eigenvalue weighted by Gasteiger charge is -2.19. The smallest absolute Gasteiger partial charge is 0.107 e. The largest absolute Gasteiger partial charge is 0.397 e. The van der Waals surface area contributed by atoms with E-state index < -0.39 is 0 Å². The number of rotatable bonds is 3. The normalized spacial score (nSPS) is 9.00. The van der Waals surface area contributed by atoms with Crippen LogP contribution in [-0.4, -0.2) is 13.1 Å². The molecule has 0 bridgehead atoms. The van der Waals surface area contributed by atoms with E-state index in [2.05, 4.69) is 0 Å². The molecule has 0 aromatic heterocycles. The summed E-state index contributed by atoms with van der Waals surface area (Å²) < 4.78 is 0. The Balaban J connectivity index is 3.02. The summed E-state index contributed by atoms with van der Waals surface area (Å²) in [6.45, 7) is 0.249. The first-order valence-electron chi connectivity index (χ1n) is 4.23. The number of nitrogen functional groups attached to an aromatic ring is 1. The zero-order valence-corrected chi connectivity index (χ0v) is 8.70. The topological polar surface area (TPSA) is 76.8 Å². The van der Waals surface area contributed by atoms with Crippen LogP contribution in [0.25, 0.3) is 0 Å². The number of nitriles is 2. The maximum atomic E-state index is 8.60. The Morgan fingerprint density at radius 1 is 1.27 bits per heavy atom. The van der Waals surface area contributed by atoms with Gasteiger partial charge in [-0.3, -0.25) is 0 Å². The molecule has 15 heavy (non-hydrogen) atoms. The Morgan fingerprint density at radius 3 is 2.33 bits per heavy atom. The highest BCUT2D eigenvalue weighted by molar-refractivity contribution is 6.31. The van der Waals surface area contributed by atoms with Gasteiger partial charge in [-0.1, -0.05) is 11.6 Å². The molecule has 0 aliphatic rings. The van der Waals surface area contributed by atoms with Gasteiger partial charge in [0.05, 0.1) is 23.5 Å². The van der Waals surface area contributed by atoms with Gasteiger partial charge in [-0.05, 0) is 18.2 Å². The van der Waals surface area contributed by atoms with Gasteiger partial charge in [0.25, 0.3) is 0 Å². The molecular weight excluding hydrogens is 212 g/mol. The number of anilines is 2. The molecule has 0 amide bonds. The van der Waals surface area contributed by atoms with Gasteiger partial charge in [-0.2, -0.15) is 10.5 Å². The van der Waals surface area contributed by atoms with E-state index >= 15 is 0 Å². The van der Waals surface area contributed by atoms with Crippen LogP contribution in [0.4, 0.5) is 11.4 Å². The highest BCUT2D eigenvalue weighted by Gasteiger charge is 2.08. The van der Waals surface area contributed by atoms with Crippen LogP contribution in [0.5, 0.6) is 0 Å². The number of hydrogen-bond donors (Lipinski definition) is 1. The lowest BCUT2D eigenvalue weighted by molar-refractivity contribution is 0.968. The van der Waals surface area contributed by atoms with Gasteiger partial charge >= 0.3 is 0 Å². The van der Waals surface area contributed by atoms with E-state index in [9.17, 15) is 0 Å². The van der Waals surface area contributed by atoms with Crippen LogP contribution >= 0.6 is 11.6 Å². The standard InChI is InChI=1S/C10H9ClN4/c11-8-1-2-10(9(14)7-8)15(5-3-12)6-4-13/h1-2,7H,5-6,14H2. The quantitative estimate of drug-likeness (QED) is 0.622. The van der Waals surface area contributed by atoms with Crippen LogP contribution in [0, 0.1) is 22.7 Å². The van der Waals surface area contributed by atoms with Gasteiger partial charge in [0.15, 0.2) is 0 Å². The van der Waals surface area contributed by atoms with Crippen LogP contribution in [0.1, 0.15) is 0 Å². The molecule has 0 saturated carbocycles. The number of nitrogens with two attached hydrogens (primary N) is 1. The summed E-state index contributed by atoms with van der Waals surface area (Å²) in [7, 11) is 0. The number of hydrogen-bond acceptors (Lipinski definition) is 4. The van der Waals surface area contributed by atoms with Crippen molar-refractivity contribution in [2.45, 2.75) is 0 Å². The van der Waals surface area contributed by atoms with Gasteiger partial charge in [-0.15, -0.1) is 0 Å². The molecule has 76 valence electrons. The molecule has 0 saturated heterocycles. The average Bonchev–Trinajstić information content (AvgIpc) is 2.17. The molecule has 1 aromatic rings. The maximum Gasteiger partial charge on any atom is 0.107 e. The first-order valence-corrected chi connectivity index (χ1v) is 4.60. The summed E-state index contributed by atoms with van der Waals surface area (Å²) in [6.07, 6.45) is 0. The molecule has 1 rings (SSSR count). The highest BCUT2D eigenvalue weighted by Crippen LogP contribution is 2.25. The van der Waals surface area contributed by atoms with Crippen molar-refractivity contribution in [1.29, 1.82) is 10.5 Å². The SMILES string of the molecule is N#CCN(CC#N)c1ccc(Cl)cc1N. The fourth-order valence-electron chi connectivity index (χ4n) is 1.21. The Bertz CT molecular complexity index is 414. The molecule has 0 spiro atoms. The monoisotopic (exact) mass is 220 g/mol. The molecule has 0 aliphatic heterocycles. The van der Waals surface area contributed by atoms with Gasteiger partial charge < -0.3 is 10.6 Å². The van der Waals surface area contributed by atoms with E-state index in [0.29, 0.717) is 16.4 Å². The summed E-state index contributed by atoms with van der Waals surface area (Å²) >= 11 is 5.75. The molecule has 0 unspecified atom stereocenters. The third-order valence-corrected chi connectivity index (χ3v) is 2.09. The lowest BCUT2D eigenvalue weighted by atomic mass is 10.2. The lowest BCUT2D eigenvalue weighted by Crippen LogP contribution is -2.24. The summed E-state index contributed by atoms with van der Waals surface area (Å²) in [5.41, 5.74) is 6.86. The highest BCUT2D eigenvalue weighted by atomic mass is 35.5. The van der Waals surface area contributed by atoms with Crippen molar-refractivity contribution in [2.24, 2.45) is 0 Å². The fourth-order valence-corrected chi connectivity index (χ4v) is 1.39. The Labute approximate surface area is 93.1 Å². The molecule has 5 heteroatoms. The zero-order chi connectivity index (χ0) is 11.3. The third-order valence-electron chi connectivity index (χ3n) is 1.85. The molecule has 0 radical (unpaired) electrons. The van der Waals surface area contributed by atoms with Gasteiger partial charge in [-0.25, -0.2) is 0 Å². The second-order valence-electron chi connectivity index (χ2n) is 2.88. The molecule has 0 aliphatic carbocycles. The van der Waals surface area contributed by atoms with Crippen molar-refractivity contribution in [1.82, 2.24) is 0 Å². The van der Waals surface area contributed by atoms with E-state index in [1.54, 1.807) is 23.1 Å². The molecule has 0 fully saturated rings. The van der Waals surface area contributed by atoms with Crippen LogP contribution in [0.2, 0.25) is 5.02 Å².